The SMILES string of the molecule is CCc1cccc(Cn2cc(-c3cc(-c4cccc(C#N)c4C)nc(N)n3)nn2)n1. The van der Waals surface area contributed by atoms with E-state index < -0.39 is 0 Å². The summed E-state index contributed by atoms with van der Waals surface area (Å²) < 4.78 is 1.72. The molecule has 0 aliphatic rings. The second-order valence-corrected chi connectivity index (χ2v) is 6.86. The number of nitriles is 1. The highest BCUT2D eigenvalue weighted by Gasteiger charge is 2.13. The van der Waals surface area contributed by atoms with Crippen LogP contribution in [0.15, 0.2) is 48.7 Å². The zero-order chi connectivity index (χ0) is 21.1. The van der Waals surface area contributed by atoms with Crippen molar-refractivity contribution >= 4 is 5.95 Å². The van der Waals surface area contributed by atoms with Crippen LogP contribution < -0.4 is 5.73 Å². The van der Waals surface area contributed by atoms with Crippen LogP contribution >= 0.6 is 0 Å². The molecule has 8 heteroatoms. The van der Waals surface area contributed by atoms with Crippen LogP contribution in [0, 0.1) is 18.3 Å². The van der Waals surface area contributed by atoms with Crippen molar-refractivity contribution < 1.29 is 0 Å². The molecule has 4 aromatic rings. The smallest absolute Gasteiger partial charge is 0.221 e. The second-order valence-electron chi connectivity index (χ2n) is 6.86. The van der Waals surface area contributed by atoms with Gasteiger partial charge in [0.1, 0.15) is 5.69 Å². The van der Waals surface area contributed by atoms with Gasteiger partial charge in [0.25, 0.3) is 0 Å². The number of nitrogens with two attached hydrogens (primary N) is 1. The summed E-state index contributed by atoms with van der Waals surface area (Å²) in [4.78, 5) is 13.3. The Bertz CT molecular complexity index is 1250. The Morgan fingerprint density at radius 1 is 1.00 bits per heavy atom. The molecule has 0 aliphatic heterocycles. The molecule has 0 radical (unpaired) electrons. The van der Waals surface area contributed by atoms with Gasteiger partial charge in [-0.15, -0.1) is 5.10 Å². The van der Waals surface area contributed by atoms with Crippen molar-refractivity contribution in [2.75, 3.05) is 5.73 Å². The first kappa shape index (κ1) is 19.2. The van der Waals surface area contributed by atoms with Gasteiger partial charge in [-0.25, -0.2) is 14.6 Å². The fourth-order valence-electron chi connectivity index (χ4n) is 3.24. The van der Waals surface area contributed by atoms with E-state index in [-0.39, 0.29) is 5.95 Å². The number of hydrogen-bond acceptors (Lipinski definition) is 7. The minimum atomic E-state index is 0.135. The third-order valence-corrected chi connectivity index (χ3v) is 4.83. The maximum absolute atomic E-state index is 9.30. The number of benzene rings is 1. The lowest BCUT2D eigenvalue weighted by molar-refractivity contribution is 0.636. The van der Waals surface area contributed by atoms with Crippen LogP contribution in [0.25, 0.3) is 22.6 Å². The largest absolute Gasteiger partial charge is 0.368 e. The molecule has 3 aromatic heterocycles. The molecule has 0 aliphatic carbocycles. The van der Waals surface area contributed by atoms with E-state index in [1.807, 2.05) is 49.5 Å². The molecule has 1 aromatic carbocycles. The molecular weight excluding hydrogens is 376 g/mol. The van der Waals surface area contributed by atoms with E-state index >= 15 is 0 Å². The molecule has 0 unspecified atom stereocenters. The van der Waals surface area contributed by atoms with E-state index in [0.29, 0.717) is 29.2 Å². The molecule has 0 fully saturated rings. The lowest BCUT2D eigenvalue weighted by atomic mass is 10.00. The first-order chi connectivity index (χ1) is 14.6. The standard InChI is InChI=1S/C22H20N8/c1-3-16-7-5-8-17(25-16)12-30-13-21(28-29-30)20-10-19(26-22(24)27-20)18-9-4-6-15(11-23)14(18)2/h4-10,13H,3,12H2,1-2H3,(H2,24,26,27). The van der Waals surface area contributed by atoms with Gasteiger partial charge < -0.3 is 5.73 Å². The van der Waals surface area contributed by atoms with Crippen LogP contribution in [0.3, 0.4) is 0 Å². The molecule has 30 heavy (non-hydrogen) atoms. The van der Waals surface area contributed by atoms with E-state index in [1.54, 1.807) is 10.7 Å². The average Bonchev–Trinajstić information content (AvgIpc) is 3.22. The number of pyridine rings is 1. The highest BCUT2D eigenvalue weighted by molar-refractivity contribution is 5.71. The highest BCUT2D eigenvalue weighted by Crippen LogP contribution is 2.27. The minimum absolute atomic E-state index is 0.135. The van der Waals surface area contributed by atoms with Crippen LogP contribution in [-0.2, 0) is 13.0 Å². The molecular formula is C22H20N8. The lowest BCUT2D eigenvalue weighted by Crippen LogP contribution is -2.03. The van der Waals surface area contributed by atoms with Gasteiger partial charge in [0, 0.05) is 11.3 Å². The van der Waals surface area contributed by atoms with Crippen molar-refractivity contribution in [2.24, 2.45) is 0 Å². The zero-order valence-corrected chi connectivity index (χ0v) is 16.7. The van der Waals surface area contributed by atoms with Crippen molar-refractivity contribution in [3.8, 4) is 28.7 Å². The normalized spacial score (nSPS) is 10.7. The van der Waals surface area contributed by atoms with Crippen molar-refractivity contribution in [3.63, 3.8) is 0 Å². The molecule has 3 heterocycles. The van der Waals surface area contributed by atoms with Gasteiger partial charge in [-0.05, 0) is 43.2 Å². The van der Waals surface area contributed by atoms with E-state index in [9.17, 15) is 5.26 Å². The number of nitrogens with zero attached hydrogens (tertiary/aromatic N) is 7. The summed E-state index contributed by atoms with van der Waals surface area (Å²) >= 11 is 0. The number of nitrogen functional groups attached to an aromatic ring is 1. The molecule has 0 spiro atoms. The predicted octanol–water partition coefficient (Wildman–Crippen LogP) is 3.17. The molecule has 0 amide bonds. The Morgan fingerprint density at radius 3 is 2.57 bits per heavy atom. The quantitative estimate of drug-likeness (QED) is 0.550. The monoisotopic (exact) mass is 396 g/mol. The highest BCUT2D eigenvalue weighted by atomic mass is 15.4. The summed E-state index contributed by atoms with van der Waals surface area (Å²) in [6, 6.07) is 15.5. The summed E-state index contributed by atoms with van der Waals surface area (Å²) in [6.07, 6.45) is 2.69. The number of aryl methyl sites for hydroxylation is 1. The number of aromatic nitrogens is 6. The van der Waals surface area contributed by atoms with Gasteiger partial charge in [0.2, 0.25) is 5.95 Å². The fraction of sp³-hybridized carbons (Fsp3) is 0.182. The van der Waals surface area contributed by atoms with Crippen LogP contribution in [0.1, 0.15) is 29.4 Å². The van der Waals surface area contributed by atoms with Crippen LogP contribution in [-0.4, -0.2) is 29.9 Å². The minimum Gasteiger partial charge on any atom is -0.368 e. The van der Waals surface area contributed by atoms with Gasteiger partial charge in [-0.3, -0.25) is 4.98 Å². The summed E-state index contributed by atoms with van der Waals surface area (Å²) in [5, 5.41) is 17.7. The summed E-state index contributed by atoms with van der Waals surface area (Å²) in [5.74, 6) is 0.135. The fourth-order valence-corrected chi connectivity index (χ4v) is 3.24. The first-order valence-corrected chi connectivity index (χ1v) is 9.57. The molecule has 0 bridgehead atoms. The van der Waals surface area contributed by atoms with Crippen molar-refractivity contribution in [2.45, 2.75) is 26.8 Å². The van der Waals surface area contributed by atoms with Gasteiger partial charge in [-0.1, -0.05) is 30.3 Å². The second kappa shape index (κ2) is 8.09. The Balaban J connectivity index is 1.67. The first-order valence-electron chi connectivity index (χ1n) is 9.57. The molecule has 2 N–H and O–H groups in total. The Morgan fingerprint density at radius 2 is 1.77 bits per heavy atom. The Labute approximate surface area is 174 Å². The molecule has 0 atom stereocenters. The summed E-state index contributed by atoms with van der Waals surface area (Å²) in [7, 11) is 0. The van der Waals surface area contributed by atoms with Crippen LogP contribution in [0.5, 0.6) is 0 Å². The number of rotatable bonds is 5. The van der Waals surface area contributed by atoms with Crippen molar-refractivity contribution in [3.05, 3.63) is 71.2 Å². The number of anilines is 1. The maximum atomic E-state index is 9.30. The average molecular weight is 396 g/mol. The molecule has 148 valence electrons. The van der Waals surface area contributed by atoms with Crippen LogP contribution in [0.4, 0.5) is 5.95 Å². The molecule has 0 saturated heterocycles. The van der Waals surface area contributed by atoms with Crippen LogP contribution in [0.2, 0.25) is 0 Å². The van der Waals surface area contributed by atoms with E-state index in [4.69, 9.17) is 5.73 Å². The molecule has 0 saturated carbocycles. The van der Waals surface area contributed by atoms with E-state index in [1.165, 1.54) is 0 Å². The molecule has 4 rings (SSSR count). The third kappa shape index (κ3) is 3.86. The lowest BCUT2D eigenvalue weighted by Gasteiger charge is -2.08. The Hall–Kier alpha value is -4.12. The van der Waals surface area contributed by atoms with E-state index in [0.717, 1.165) is 28.9 Å². The third-order valence-electron chi connectivity index (χ3n) is 4.83. The molecule has 8 nitrogen and oxygen atoms in total. The van der Waals surface area contributed by atoms with Gasteiger partial charge >= 0.3 is 0 Å². The summed E-state index contributed by atoms with van der Waals surface area (Å²) in [6.45, 7) is 4.47. The van der Waals surface area contributed by atoms with Gasteiger partial charge in [-0.2, -0.15) is 5.26 Å². The van der Waals surface area contributed by atoms with E-state index in [2.05, 4.69) is 38.3 Å². The predicted molar refractivity (Wildman–Crippen MR) is 113 cm³/mol. The topological polar surface area (TPSA) is 119 Å². The Kier molecular flexibility index (Phi) is 5.18. The van der Waals surface area contributed by atoms with Crippen molar-refractivity contribution in [1.29, 1.82) is 5.26 Å². The van der Waals surface area contributed by atoms with Crippen molar-refractivity contribution in [1.82, 2.24) is 29.9 Å². The van der Waals surface area contributed by atoms with Gasteiger partial charge in [0.05, 0.1) is 41.5 Å². The zero-order valence-electron chi connectivity index (χ0n) is 16.7. The van der Waals surface area contributed by atoms with Gasteiger partial charge in [0.15, 0.2) is 0 Å². The summed E-state index contributed by atoms with van der Waals surface area (Å²) in [5.41, 5.74) is 12.0. The number of hydrogen-bond donors (Lipinski definition) is 1. The maximum Gasteiger partial charge on any atom is 0.221 e.